The quantitative estimate of drug-likeness (QED) is 0.670. The molecule has 0 bridgehead atoms. The highest BCUT2D eigenvalue weighted by atomic mass is 16.5. The van der Waals surface area contributed by atoms with Crippen LogP contribution >= 0.6 is 0 Å². The van der Waals surface area contributed by atoms with E-state index in [1.165, 1.54) is 5.56 Å². The summed E-state index contributed by atoms with van der Waals surface area (Å²) in [6.07, 6.45) is 1.55. The van der Waals surface area contributed by atoms with Gasteiger partial charge >= 0.3 is 0 Å². The van der Waals surface area contributed by atoms with Gasteiger partial charge in [-0.15, -0.1) is 0 Å². The number of amides is 1. The molecule has 0 saturated heterocycles. The fourth-order valence-corrected chi connectivity index (χ4v) is 2.52. The van der Waals surface area contributed by atoms with Crippen LogP contribution < -0.4 is 15.4 Å². The molecule has 0 fully saturated rings. The molecule has 0 saturated carbocycles. The molecule has 0 radical (unpaired) electrons. The fourth-order valence-electron chi connectivity index (χ4n) is 2.52. The van der Waals surface area contributed by atoms with Crippen molar-refractivity contribution >= 4 is 23.2 Å². The van der Waals surface area contributed by atoms with E-state index in [9.17, 15) is 4.79 Å². The Morgan fingerprint density at radius 1 is 1.04 bits per heavy atom. The third-order valence-corrected chi connectivity index (χ3v) is 4.05. The van der Waals surface area contributed by atoms with Crippen molar-refractivity contribution in [2.75, 3.05) is 17.7 Å². The number of aromatic nitrogens is 2. The molecular weight excluding hydrogens is 340 g/mol. The maximum absolute atomic E-state index is 12.5. The molecular formula is C21H22N4O2. The number of nitrogens with one attached hydrogen (secondary N) is 2. The fraction of sp³-hybridized carbons (Fsp3) is 0.190. The number of hydrogen-bond donors (Lipinski definition) is 2. The predicted molar refractivity (Wildman–Crippen MR) is 107 cm³/mol. The van der Waals surface area contributed by atoms with Gasteiger partial charge in [0.2, 0.25) is 5.95 Å². The summed E-state index contributed by atoms with van der Waals surface area (Å²) in [5.74, 6) is 1.22. The van der Waals surface area contributed by atoms with Crippen molar-refractivity contribution in [2.45, 2.75) is 19.8 Å². The largest absolute Gasteiger partial charge is 0.497 e. The van der Waals surface area contributed by atoms with Gasteiger partial charge in [0.1, 0.15) is 11.4 Å². The number of methoxy groups -OCH3 is 1. The minimum Gasteiger partial charge on any atom is -0.497 e. The second-order valence-electron chi connectivity index (χ2n) is 6.35. The smallest absolute Gasteiger partial charge is 0.274 e. The van der Waals surface area contributed by atoms with Crippen LogP contribution in [0.5, 0.6) is 5.75 Å². The van der Waals surface area contributed by atoms with E-state index < -0.39 is 0 Å². The second-order valence-corrected chi connectivity index (χ2v) is 6.35. The summed E-state index contributed by atoms with van der Waals surface area (Å²) in [5, 5.41) is 5.93. The van der Waals surface area contributed by atoms with E-state index in [0.29, 0.717) is 11.9 Å². The molecule has 0 spiro atoms. The van der Waals surface area contributed by atoms with Crippen LogP contribution in [0.3, 0.4) is 0 Å². The Bertz CT molecular complexity index is 923. The van der Waals surface area contributed by atoms with E-state index in [-0.39, 0.29) is 11.6 Å². The van der Waals surface area contributed by atoms with Gasteiger partial charge in [-0.1, -0.05) is 32.0 Å². The van der Waals surface area contributed by atoms with Gasteiger partial charge in [0, 0.05) is 23.6 Å². The van der Waals surface area contributed by atoms with Gasteiger partial charge in [0.15, 0.2) is 0 Å². The van der Waals surface area contributed by atoms with Crippen LogP contribution in [0.2, 0.25) is 0 Å². The second kappa shape index (κ2) is 8.31. The van der Waals surface area contributed by atoms with Crippen molar-refractivity contribution in [3.8, 4) is 5.75 Å². The molecule has 1 aromatic heterocycles. The van der Waals surface area contributed by atoms with Crippen LogP contribution in [-0.4, -0.2) is 23.0 Å². The number of nitrogens with zero attached hydrogens (tertiary/aromatic N) is 2. The van der Waals surface area contributed by atoms with E-state index in [0.717, 1.165) is 17.1 Å². The predicted octanol–water partition coefficient (Wildman–Crippen LogP) is 4.60. The normalized spacial score (nSPS) is 10.5. The number of rotatable bonds is 6. The lowest BCUT2D eigenvalue weighted by atomic mass is 10.0. The van der Waals surface area contributed by atoms with Crippen molar-refractivity contribution in [2.24, 2.45) is 0 Å². The van der Waals surface area contributed by atoms with Crippen LogP contribution in [0.25, 0.3) is 0 Å². The van der Waals surface area contributed by atoms with E-state index in [2.05, 4.69) is 34.4 Å². The molecule has 0 atom stereocenters. The minimum absolute atomic E-state index is 0.281. The number of carbonyl (C=O) groups excluding carboxylic acids is 1. The van der Waals surface area contributed by atoms with Crippen LogP contribution in [0.4, 0.5) is 17.3 Å². The molecule has 2 N–H and O–H groups in total. The molecule has 2 aromatic carbocycles. The maximum Gasteiger partial charge on any atom is 0.274 e. The first-order chi connectivity index (χ1) is 13.0. The van der Waals surface area contributed by atoms with Gasteiger partial charge in [-0.25, -0.2) is 9.97 Å². The Morgan fingerprint density at radius 3 is 2.52 bits per heavy atom. The zero-order chi connectivity index (χ0) is 19.2. The number of carbonyl (C=O) groups is 1. The van der Waals surface area contributed by atoms with E-state index in [4.69, 9.17) is 4.74 Å². The highest BCUT2D eigenvalue weighted by molar-refractivity contribution is 6.03. The van der Waals surface area contributed by atoms with Crippen molar-refractivity contribution in [3.05, 3.63) is 72.1 Å². The number of benzene rings is 2. The summed E-state index contributed by atoms with van der Waals surface area (Å²) >= 11 is 0. The SMILES string of the molecule is COc1cccc(Nc2nccc(C(=O)Nc3ccc(C(C)C)cc3)n2)c1. The van der Waals surface area contributed by atoms with Crippen LogP contribution in [-0.2, 0) is 0 Å². The average Bonchev–Trinajstić information content (AvgIpc) is 2.68. The summed E-state index contributed by atoms with van der Waals surface area (Å²) in [7, 11) is 1.61. The highest BCUT2D eigenvalue weighted by Crippen LogP contribution is 2.20. The lowest BCUT2D eigenvalue weighted by molar-refractivity contribution is 0.102. The lowest BCUT2D eigenvalue weighted by Gasteiger charge is -2.09. The molecule has 3 aromatic rings. The Hall–Kier alpha value is -3.41. The number of anilines is 3. The Balaban J connectivity index is 1.71. The molecule has 1 heterocycles. The van der Waals surface area contributed by atoms with Gasteiger partial charge in [-0.3, -0.25) is 4.79 Å². The summed E-state index contributed by atoms with van der Waals surface area (Å²) in [4.78, 5) is 20.9. The molecule has 6 heteroatoms. The topological polar surface area (TPSA) is 76.1 Å². The van der Waals surface area contributed by atoms with Gasteiger partial charge in [0.25, 0.3) is 5.91 Å². The molecule has 0 aliphatic heterocycles. The summed E-state index contributed by atoms with van der Waals surface area (Å²) in [6.45, 7) is 4.26. The van der Waals surface area contributed by atoms with E-state index in [1.54, 1.807) is 19.4 Å². The van der Waals surface area contributed by atoms with Gasteiger partial charge in [-0.2, -0.15) is 0 Å². The summed E-state index contributed by atoms with van der Waals surface area (Å²) in [6, 6.07) is 16.8. The van der Waals surface area contributed by atoms with E-state index in [1.807, 2.05) is 48.5 Å². The molecule has 6 nitrogen and oxygen atoms in total. The summed E-state index contributed by atoms with van der Waals surface area (Å²) in [5.41, 5.74) is 3.00. The summed E-state index contributed by atoms with van der Waals surface area (Å²) < 4.78 is 5.20. The standard InChI is InChI=1S/C21H22N4O2/c1-14(2)15-7-9-16(10-8-15)23-20(26)19-11-12-22-21(25-19)24-17-5-4-6-18(13-17)27-3/h4-14H,1-3H3,(H,23,26)(H,22,24,25). The molecule has 0 unspecified atom stereocenters. The molecule has 27 heavy (non-hydrogen) atoms. The van der Waals surface area contributed by atoms with Crippen LogP contribution in [0, 0.1) is 0 Å². The first kappa shape index (κ1) is 18.4. The Kier molecular flexibility index (Phi) is 5.66. The van der Waals surface area contributed by atoms with Crippen molar-refractivity contribution in [1.82, 2.24) is 9.97 Å². The molecule has 0 aliphatic rings. The highest BCUT2D eigenvalue weighted by Gasteiger charge is 2.10. The molecule has 138 valence electrons. The monoisotopic (exact) mass is 362 g/mol. The Morgan fingerprint density at radius 2 is 1.81 bits per heavy atom. The molecule has 3 rings (SSSR count). The van der Waals surface area contributed by atoms with Crippen LogP contribution in [0.15, 0.2) is 60.8 Å². The third kappa shape index (κ3) is 4.82. The zero-order valence-electron chi connectivity index (χ0n) is 15.6. The molecule has 1 amide bonds. The number of ether oxygens (including phenoxy) is 1. The zero-order valence-corrected chi connectivity index (χ0v) is 15.6. The number of hydrogen-bond acceptors (Lipinski definition) is 5. The van der Waals surface area contributed by atoms with Gasteiger partial charge in [0.05, 0.1) is 7.11 Å². The lowest BCUT2D eigenvalue weighted by Crippen LogP contribution is -2.14. The van der Waals surface area contributed by atoms with Crippen molar-refractivity contribution in [1.29, 1.82) is 0 Å². The Labute approximate surface area is 158 Å². The minimum atomic E-state index is -0.289. The maximum atomic E-state index is 12.5. The first-order valence-electron chi connectivity index (χ1n) is 8.70. The van der Waals surface area contributed by atoms with Crippen LogP contribution in [0.1, 0.15) is 35.8 Å². The van der Waals surface area contributed by atoms with E-state index >= 15 is 0 Å². The first-order valence-corrected chi connectivity index (χ1v) is 8.70. The third-order valence-electron chi connectivity index (χ3n) is 4.05. The van der Waals surface area contributed by atoms with Crippen molar-refractivity contribution in [3.63, 3.8) is 0 Å². The van der Waals surface area contributed by atoms with Crippen molar-refractivity contribution < 1.29 is 9.53 Å². The van der Waals surface area contributed by atoms with Gasteiger partial charge in [-0.05, 0) is 41.8 Å². The molecule has 0 aliphatic carbocycles. The average molecular weight is 362 g/mol. The van der Waals surface area contributed by atoms with Gasteiger partial charge < -0.3 is 15.4 Å².